The molecule has 0 saturated heterocycles. The Hall–Kier alpha value is 1.46. The summed E-state index contributed by atoms with van der Waals surface area (Å²) in [5.74, 6) is 0.835. The van der Waals surface area contributed by atoms with Crippen LogP contribution in [0.2, 0.25) is 0 Å². The van der Waals surface area contributed by atoms with Crippen LogP contribution in [0.25, 0.3) is 0 Å². The number of unbranched alkanes of at least 4 members (excludes halogenated alkanes) is 7. The zero-order valence-corrected chi connectivity index (χ0v) is 18.3. The molecular weight excluding hydrogens is 470 g/mol. The molecule has 2 heteroatoms. The number of rotatable bonds is 14. The molecule has 0 aromatic heterocycles. The van der Waals surface area contributed by atoms with Crippen LogP contribution >= 0.6 is 45.2 Å². The maximum Gasteiger partial charge on any atom is -0.000473 e. The van der Waals surface area contributed by atoms with Gasteiger partial charge in [-0.15, -0.1) is 0 Å². The van der Waals surface area contributed by atoms with Crippen LogP contribution in [0, 0.1) is 11.3 Å². The number of hydrogen-bond acceptors (Lipinski definition) is 0. The van der Waals surface area contributed by atoms with Crippen molar-refractivity contribution in [3.05, 3.63) is 0 Å². The minimum Gasteiger partial charge on any atom is -0.0864 e. The first-order chi connectivity index (χ1) is 9.56. The Bertz CT molecular complexity index is 204. The third kappa shape index (κ3) is 11.1. The van der Waals surface area contributed by atoms with Gasteiger partial charge in [0.1, 0.15) is 0 Å². The van der Waals surface area contributed by atoms with Gasteiger partial charge in [-0.3, -0.25) is 0 Å². The lowest BCUT2D eigenvalue weighted by Crippen LogP contribution is -2.23. The number of hydrogen-bond donors (Lipinski definition) is 0. The molecule has 0 heterocycles. The summed E-state index contributed by atoms with van der Waals surface area (Å²) in [7, 11) is 0. The molecule has 1 unspecified atom stereocenters. The third-order valence-corrected chi connectivity index (χ3v) is 6.43. The Labute approximate surface area is 155 Å². The van der Waals surface area contributed by atoms with Gasteiger partial charge in [0.2, 0.25) is 0 Å². The van der Waals surface area contributed by atoms with E-state index in [0.717, 1.165) is 5.92 Å². The summed E-state index contributed by atoms with van der Waals surface area (Å²) in [5.41, 5.74) is 0.591. The Morgan fingerprint density at radius 1 is 0.650 bits per heavy atom. The quantitative estimate of drug-likeness (QED) is 0.128. The van der Waals surface area contributed by atoms with E-state index in [1.54, 1.807) is 0 Å². The second-order valence-corrected chi connectivity index (χ2v) is 9.03. The summed E-state index contributed by atoms with van der Waals surface area (Å²) in [6.07, 6.45) is 15.8. The summed E-state index contributed by atoms with van der Waals surface area (Å²) in [6, 6.07) is 0. The van der Waals surface area contributed by atoms with Gasteiger partial charge in [-0.2, -0.15) is 0 Å². The molecule has 0 nitrogen and oxygen atoms in total. The molecule has 0 aliphatic carbocycles. The van der Waals surface area contributed by atoms with E-state index >= 15 is 0 Å². The maximum atomic E-state index is 2.54. The van der Waals surface area contributed by atoms with Crippen molar-refractivity contribution >= 4 is 45.2 Å². The van der Waals surface area contributed by atoms with E-state index < -0.39 is 0 Å². The van der Waals surface area contributed by atoms with Gasteiger partial charge in [0, 0.05) is 0 Å². The van der Waals surface area contributed by atoms with Crippen molar-refractivity contribution in [1.82, 2.24) is 0 Å². The molecular formula is C18H36I2. The molecule has 0 spiro atoms. The van der Waals surface area contributed by atoms with Crippen molar-refractivity contribution in [2.24, 2.45) is 11.3 Å². The molecule has 0 aliphatic rings. The van der Waals surface area contributed by atoms with E-state index in [1.165, 1.54) is 79.5 Å². The van der Waals surface area contributed by atoms with Crippen molar-refractivity contribution in [3.8, 4) is 0 Å². The highest BCUT2D eigenvalue weighted by atomic mass is 127. The fourth-order valence-corrected chi connectivity index (χ4v) is 3.91. The molecule has 0 bridgehead atoms. The zero-order chi connectivity index (χ0) is 15.3. The van der Waals surface area contributed by atoms with E-state index in [4.69, 9.17) is 0 Å². The molecule has 0 rings (SSSR count). The van der Waals surface area contributed by atoms with Gasteiger partial charge < -0.3 is 0 Å². The van der Waals surface area contributed by atoms with Crippen LogP contribution in [0.1, 0.15) is 91.4 Å². The van der Waals surface area contributed by atoms with Gasteiger partial charge in [0.05, 0.1) is 0 Å². The zero-order valence-electron chi connectivity index (χ0n) is 14.0. The predicted molar refractivity (Wildman–Crippen MR) is 112 cm³/mol. The molecule has 1 atom stereocenters. The Balaban J connectivity index is 3.81. The first-order valence-electron chi connectivity index (χ1n) is 8.69. The molecule has 122 valence electrons. The standard InChI is InChI=1S/C18H36I2/c1-17(2)18(3,14-10-6-8-12-16-20)13-9-5-4-7-11-15-19/h17H,4-16H2,1-3H3. The average molecular weight is 506 g/mol. The molecule has 0 aromatic carbocycles. The first-order valence-corrected chi connectivity index (χ1v) is 11.7. The monoisotopic (exact) mass is 506 g/mol. The van der Waals surface area contributed by atoms with E-state index in [9.17, 15) is 0 Å². The van der Waals surface area contributed by atoms with Crippen LogP contribution < -0.4 is 0 Å². The topological polar surface area (TPSA) is 0 Å². The molecule has 0 amide bonds. The van der Waals surface area contributed by atoms with Crippen LogP contribution in [-0.2, 0) is 0 Å². The Morgan fingerprint density at radius 3 is 1.35 bits per heavy atom. The van der Waals surface area contributed by atoms with Gasteiger partial charge in [0.25, 0.3) is 0 Å². The molecule has 20 heavy (non-hydrogen) atoms. The lowest BCUT2D eigenvalue weighted by molar-refractivity contribution is 0.168. The lowest BCUT2D eigenvalue weighted by Gasteiger charge is -2.34. The van der Waals surface area contributed by atoms with Crippen LogP contribution in [0.4, 0.5) is 0 Å². The summed E-state index contributed by atoms with van der Waals surface area (Å²) >= 11 is 4.99. The molecule has 0 N–H and O–H groups in total. The number of alkyl halides is 2. The molecule has 0 radical (unpaired) electrons. The summed E-state index contributed by atoms with van der Waals surface area (Å²) in [5, 5.41) is 0. The van der Waals surface area contributed by atoms with E-state index in [0.29, 0.717) is 5.41 Å². The Morgan fingerprint density at radius 2 is 1.00 bits per heavy atom. The van der Waals surface area contributed by atoms with Crippen LogP contribution in [0.3, 0.4) is 0 Å². The smallest absolute Gasteiger partial charge is 0.000473 e. The molecule has 0 saturated carbocycles. The van der Waals surface area contributed by atoms with Gasteiger partial charge in [-0.05, 0) is 45.9 Å². The minimum absolute atomic E-state index is 0.591. The fourth-order valence-electron chi connectivity index (χ4n) is 2.83. The normalized spacial score (nSPS) is 14.7. The maximum absolute atomic E-state index is 2.54. The van der Waals surface area contributed by atoms with Gasteiger partial charge in [-0.1, -0.05) is 111 Å². The first kappa shape index (κ1) is 21.5. The van der Waals surface area contributed by atoms with Crippen molar-refractivity contribution < 1.29 is 0 Å². The summed E-state index contributed by atoms with van der Waals surface area (Å²) in [4.78, 5) is 0. The van der Waals surface area contributed by atoms with E-state index in [-0.39, 0.29) is 0 Å². The second kappa shape index (κ2) is 14.1. The largest absolute Gasteiger partial charge is 0.0864 e. The highest BCUT2D eigenvalue weighted by Crippen LogP contribution is 2.38. The Kier molecular flexibility index (Phi) is 15.1. The lowest BCUT2D eigenvalue weighted by atomic mass is 9.71. The SMILES string of the molecule is CC(C)C(C)(CCCCCCI)CCCCCCCI. The van der Waals surface area contributed by atoms with Crippen LogP contribution in [0.5, 0.6) is 0 Å². The fraction of sp³-hybridized carbons (Fsp3) is 1.00. The van der Waals surface area contributed by atoms with Gasteiger partial charge >= 0.3 is 0 Å². The molecule has 0 fully saturated rings. The molecule has 0 aromatic rings. The van der Waals surface area contributed by atoms with Crippen LogP contribution in [0.15, 0.2) is 0 Å². The highest BCUT2D eigenvalue weighted by Gasteiger charge is 2.26. The van der Waals surface area contributed by atoms with Gasteiger partial charge in [0.15, 0.2) is 0 Å². The van der Waals surface area contributed by atoms with Crippen molar-refractivity contribution in [2.75, 3.05) is 8.86 Å². The third-order valence-electron chi connectivity index (χ3n) is 4.91. The van der Waals surface area contributed by atoms with E-state index in [1.807, 2.05) is 0 Å². The summed E-state index contributed by atoms with van der Waals surface area (Å²) < 4.78 is 2.66. The van der Waals surface area contributed by atoms with Crippen LogP contribution in [-0.4, -0.2) is 8.86 Å². The van der Waals surface area contributed by atoms with E-state index in [2.05, 4.69) is 66.0 Å². The van der Waals surface area contributed by atoms with Crippen molar-refractivity contribution in [1.29, 1.82) is 0 Å². The second-order valence-electron chi connectivity index (χ2n) is 6.87. The van der Waals surface area contributed by atoms with Gasteiger partial charge in [-0.25, -0.2) is 0 Å². The predicted octanol–water partition coefficient (Wildman–Crippen LogP) is 7.81. The van der Waals surface area contributed by atoms with Crippen molar-refractivity contribution in [3.63, 3.8) is 0 Å². The average Bonchev–Trinajstić information content (AvgIpc) is 2.42. The number of halogens is 2. The highest BCUT2D eigenvalue weighted by molar-refractivity contribution is 14.1. The molecule has 0 aliphatic heterocycles. The summed E-state index contributed by atoms with van der Waals surface area (Å²) in [6.45, 7) is 7.41. The minimum atomic E-state index is 0.591. The van der Waals surface area contributed by atoms with Crippen molar-refractivity contribution in [2.45, 2.75) is 91.4 Å².